The summed E-state index contributed by atoms with van der Waals surface area (Å²) in [6.45, 7) is 7.54. The first-order valence-electron chi connectivity index (χ1n) is 9.59. The van der Waals surface area contributed by atoms with Gasteiger partial charge in [-0.05, 0) is 43.7 Å². The number of imidazole rings is 1. The van der Waals surface area contributed by atoms with E-state index in [1.165, 1.54) is 0 Å². The molecule has 1 unspecified atom stereocenters. The Kier molecular flexibility index (Phi) is 5.59. The molecule has 1 fully saturated rings. The molecule has 3 heterocycles. The number of amides is 2. The van der Waals surface area contributed by atoms with Crippen LogP contribution in [0.1, 0.15) is 67.6 Å². The Labute approximate surface area is 154 Å². The van der Waals surface area contributed by atoms with Gasteiger partial charge in [-0.25, -0.2) is 4.98 Å². The molecule has 2 amide bonds. The van der Waals surface area contributed by atoms with Crippen molar-refractivity contribution in [3.63, 3.8) is 0 Å². The fourth-order valence-electron chi connectivity index (χ4n) is 3.56. The highest BCUT2D eigenvalue weighted by Gasteiger charge is 2.30. The molecule has 140 valence electrons. The van der Waals surface area contributed by atoms with E-state index in [-0.39, 0.29) is 17.9 Å². The summed E-state index contributed by atoms with van der Waals surface area (Å²) in [5.41, 5.74) is 0.988. The van der Waals surface area contributed by atoms with Gasteiger partial charge < -0.3 is 10.2 Å². The Hall–Kier alpha value is -2.37. The molecule has 2 aromatic rings. The Morgan fingerprint density at radius 1 is 1.31 bits per heavy atom. The lowest BCUT2D eigenvalue weighted by atomic mass is 10.00. The second-order valence-electron chi connectivity index (χ2n) is 7.40. The van der Waals surface area contributed by atoms with Crippen molar-refractivity contribution in [2.24, 2.45) is 5.92 Å². The summed E-state index contributed by atoms with van der Waals surface area (Å²) in [7, 11) is 0. The van der Waals surface area contributed by atoms with E-state index in [2.05, 4.69) is 17.2 Å². The van der Waals surface area contributed by atoms with Crippen molar-refractivity contribution in [1.29, 1.82) is 0 Å². The number of nitrogens with zero attached hydrogens (tertiary/aromatic N) is 3. The zero-order valence-corrected chi connectivity index (χ0v) is 15.9. The molecule has 0 saturated carbocycles. The van der Waals surface area contributed by atoms with Crippen LogP contribution >= 0.6 is 0 Å². The molecule has 6 nitrogen and oxygen atoms in total. The number of likely N-dealkylation sites (tertiary alicyclic amines) is 1. The van der Waals surface area contributed by atoms with E-state index in [1.54, 1.807) is 10.6 Å². The molecule has 1 N–H and O–H groups in total. The maximum absolute atomic E-state index is 13.2. The Bertz CT molecular complexity index is 796. The largest absolute Gasteiger partial charge is 0.350 e. The van der Waals surface area contributed by atoms with Crippen molar-refractivity contribution in [3.05, 3.63) is 35.9 Å². The minimum absolute atomic E-state index is 0.0827. The monoisotopic (exact) mass is 356 g/mol. The summed E-state index contributed by atoms with van der Waals surface area (Å²) >= 11 is 0. The van der Waals surface area contributed by atoms with E-state index in [9.17, 15) is 9.59 Å². The van der Waals surface area contributed by atoms with Crippen LogP contribution in [0.15, 0.2) is 24.4 Å². The molecule has 0 aliphatic carbocycles. The van der Waals surface area contributed by atoms with E-state index >= 15 is 0 Å². The SMILES string of the molecule is CCC1CCCCN1C(=O)c1nc(C(=O)NCC(C)C)c2ccccn12. The zero-order chi connectivity index (χ0) is 18.7. The Morgan fingerprint density at radius 3 is 2.85 bits per heavy atom. The number of hydrogen-bond donors (Lipinski definition) is 1. The average Bonchev–Trinajstić information content (AvgIpc) is 3.05. The van der Waals surface area contributed by atoms with Gasteiger partial charge in [-0.1, -0.05) is 26.8 Å². The maximum atomic E-state index is 13.2. The van der Waals surface area contributed by atoms with Gasteiger partial charge in [0.2, 0.25) is 5.82 Å². The number of carbonyl (C=O) groups is 2. The number of pyridine rings is 1. The number of aromatic nitrogens is 2. The van der Waals surface area contributed by atoms with E-state index < -0.39 is 0 Å². The summed E-state index contributed by atoms with van der Waals surface area (Å²) in [6.07, 6.45) is 5.96. The van der Waals surface area contributed by atoms with Crippen LogP contribution in [-0.2, 0) is 0 Å². The first-order valence-corrected chi connectivity index (χ1v) is 9.59. The molecule has 0 spiro atoms. The van der Waals surface area contributed by atoms with Crippen LogP contribution in [0.25, 0.3) is 5.52 Å². The van der Waals surface area contributed by atoms with Crippen molar-refractivity contribution in [2.45, 2.75) is 52.5 Å². The fourth-order valence-corrected chi connectivity index (χ4v) is 3.56. The van der Waals surface area contributed by atoms with Crippen molar-refractivity contribution < 1.29 is 9.59 Å². The summed E-state index contributed by atoms with van der Waals surface area (Å²) in [4.78, 5) is 32.2. The number of nitrogens with one attached hydrogen (secondary N) is 1. The topological polar surface area (TPSA) is 66.7 Å². The normalized spacial score (nSPS) is 17.7. The van der Waals surface area contributed by atoms with Gasteiger partial charge in [-0.2, -0.15) is 0 Å². The van der Waals surface area contributed by atoms with Crippen molar-refractivity contribution in [1.82, 2.24) is 19.6 Å². The molecule has 1 atom stereocenters. The number of rotatable bonds is 5. The maximum Gasteiger partial charge on any atom is 0.290 e. The minimum atomic E-state index is -0.230. The van der Waals surface area contributed by atoms with Crippen molar-refractivity contribution in [3.8, 4) is 0 Å². The van der Waals surface area contributed by atoms with E-state index in [1.807, 2.05) is 36.9 Å². The zero-order valence-electron chi connectivity index (χ0n) is 15.9. The highest BCUT2D eigenvalue weighted by molar-refractivity contribution is 6.02. The first-order chi connectivity index (χ1) is 12.5. The number of fused-ring (bicyclic) bond motifs is 1. The number of carbonyl (C=O) groups excluding carboxylic acids is 2. The second-order valence-corrected chi connectivity index (χ2v) is 7.40. The van der Waals surface area contributed by atoms with Crippen LogP contribution < -0.4 is 5.32 Å². The highest BCUT2D eigenvalue weighted by Crippen LogP contribution is 2.23. The van der Waals surface area contributed by atoms with Gasteiger partial charge in [0.1, 0.15) is 0 Å². The molecule has 0 bridgehead atoms. The molecule has 1 saturated heterocycles. The predicted octanol–water partition coefficient (Wildman–Crippen LogP) is 3.12. The van der Waals surface area contributed by atoms with E-state index in [0.717, 1.165) is 32.2 Å². The Morgan fingerprint density at radius 2 is 2.12 bits per heavy atom. The summed E-state index contributed by atoms with van der Waals surface area (Å²) in [5.74, 6) is 0.371. The van der Waals surface area contributed by atoms with E-state index in [0.29, 0.717) is 29.5 Å². The van der Waals surface area contributed by atoms with Gasteiger partial charge in [0.25, 0.3) is 11.8 Å². The quantitative estimate of drug-likeness (QED) is 0.895. The van der Waals surface area contributed by atoms with Crippen LogP contribution in [0.5, 0.6) is 0 Å². The molecule has 1 aliphatic heterocycles. The molecule has 1 aliphatic rings. The molecule has 0 radical (unpaired) electrons. The van der Waals surface area contributed by atoms with Crippen LogP contribution in [0.2, 0.25) is 0 Å². The standard InChI is InChI=1S/C20H28N4O2/c1-4-15-9-5-7-11-23(15)20(26)18-22-17(19(25)21-13-14(2)3)16-10-6-8-12-24(16)18/h6,8,10,12,14-15H,4-5,7,9,11,13H2,1-3H3,(H,21,25). The third kappa shape index (κ3) is 3.59. The molecule has 3 rings (SSSR count). The van der Waals surface area contributed by atoms with Crippen molar-refractivity contribution >= 4 is 17.3 Å². The van der Waals surface area contributed by atoms with Crippen LogP contribution in [0.4, 0.5) is 0 Å². The lowest BCUT2D eigenvalue weighted by molar-refractivity contribution is 0.0594. The van der Waals surface area contributed by atoms with E-state index in [4.69, 9.17) is 0 Å². The first kappa shape index (κ1) is 18.4. The second kappa shape index (κ2) is 7.89. The minimum Gasteiger partial charge on any atom is -0.350 e. The van der Waals surface area contributed by atoms with Gasteiger partial charge in [-0.15, -0.1) is 0 Å². The molecular formula is C20H28N4O2. The molecule has 6 heteroatoms. The van der Waals surface area contributed by atoms with Gasteiger partial charge in [0, 0.05) is 25.3 Å². The lowest BCUT2D eigenvalue weighted by Crippen LogP contribution is -2.44. The summed E-state index contributed by atoms with van der Waals surface area (Å²) in [5, 5.41) is 2.90. The van der Waals surface area contributed by atoms with Gasteiger partial charge >= 0.3 is 0 Å². The predicted molar refractivity (Wildman–Crippen MR) is 101 cm³/mol. The van der Waals surface area contributed by atoms with Crippen LogP contribution in [0, 0.1) is 5.92 Å². The molecular weight excluding hydrogens is 328 g/mol. The number of piperidine rings is 1. The number of hydrogen-bond acceptors (Lipinski definition) is 3. The molecule has 26 heavy (non-hydrogen) atoms. The Balaban J connectivity index is 1.96. The third-order valence-corrected chi connectivity index (χ3v) is 4.98. The highest BCUT2D eigenvalue weighted by atomic mass is 16.2. The summed E-state index contributed by atoms with van der Waals surface area (Å²) in [6, 6.07) is 5.81. The fraction of sp³-hybridized carbons (Fsp3) is 0.550. The van der Waals surface area contributed by atoms with Crippen LogP contribution in [-0.4, -0.2) is 45.2 Å². The van der Waals surface area contributed by atoms with Crippen LogP contribution in [0.3, 0.4) is 0 Å². The van der Waals surface area contributed by atoms with Gasteiger partial charge in [0.05, 0.1) is 5.52 Å². The van der Waals surface area contributed by atoms with Gasteiger partial charge in [-0.3, -0.25) is 14.0 Å². The lowest BCUT2D eigenvalue weighted by Gasteiger charge is -2.34. The average molecular weight is 356 g/mol. The van der Waals surface area contributed by atoms with Crippen molar-refractivity contribution in [2.75, 3.05) is 13.1 Å². The smallest absolute Gasteiger partial charge is 0.290 e. The van der Waals surface area contributed by atoms with Gasteiger partial charge in [0.15, 0.2) is 5.69 Å². The molecule has 0 aromatic carbocycles. The molecule has 2 aromatic heterocycles. The third-order valence-electron chi connectivity index (χ3n) is 4.98. The summed E-state index contributed by atoms with van der Waals surface area (Å²) < 4.78 is 1.74.